The topological polar surface area (TPSA) is 80.4 Å². The molecule has 1 N–H and O–H groups in total. The lowest BCUT2D eigenvalue weighted by Gasteiger charge is -2.05. The summed E-state index contributed by atoms with van der Waals surface area (Å²) in [6, 6.07) is 9.21. The number of carboxylic acid groups (broad SMARTS) is 1. The van der Waals surface area contributed by atoms with Crippen LogP contribution in [0.5, 0.6) is 0 Å². The van der Waals surface area contributed by atoms with Crippen molar-refractivity contribution in [2.45, 2.75) is 9.79 Å². The van der Waals surface area contributed by atoms with Gasteiger partial charge in [-0.1, -0.05) is 23.9 Å². The highest BCUT2D eigenvalue weighted by molar-refractivity contribution is 7.99. The van der Waals surface area contributed by atoms with Crippen LogP contribution < -0.4 is 0 Å². The van der Waals surface area contributed by atoms with E-state index in [-0.39, 0.29) is 21.0 Å². The Hall–Kier alpha value is -2.41. The third-order valence-corrected chi connectivity index (χ3v) is 3.56. The van der Waals surface area contributed by atoms with Gasteiger partial charge in [-0.3, -0.25) is 10.1 Å². The van der Waals surface area contributed by atoms with Crippen molar-refractivity contribution in [3.8, 4) is 0 Å². The second-order valence-electron chi connectivity index (χ2n) is 3.78. The minimum absolute atomic E-state index is 0.0270. The molecular formula is C13H8FNO4S. The van der Waals surface area contributed by atoms with Crippen molar-refractivity contribution in [1.29, 1.82) is 0 Å². The van der Waals surface area contributed by atoms with Crippen LogP contribution in [0.2, 0.25) is 0 Å². The van der Waals surface area contributed by atoms with Crippen LogP contribution in [0.25, 0.3) is 0 Å². The first-order valence-electron chi connectivity index (χ1n) is 5.43. The van der Waals surface area contributed by atoms with Gasteiger partial charge in [-0.15, -0.1) is 0 Å². The number of hydrogen-bond acceptors (Lipinski definition) is 4. The average molecular weight is 293 g/mol. The summed E-state index contributed by atoms with van der Waals surface area (Å²) in [6.07, 6.45) is 0. The summed E-state index contributed by atoms with van der Waals surface area (Å²) in [7, 11) is 0. The molecule has 0 spiro atoms. The number of rotatable bonds is 4. The SMILES string of the molecule is O=C(O)c1ccc(F)c(Sc2ccccc2[N+](=O)[O-])c1. The Morgan fingerprint density at radius 1 is 1.20 bits per heavy atom. The minimum atomic E-state index is -1.19. The number of para-hydroxylation sites is 1. The van der Waals surface area contributed by atoms with E-state index in [1.807, 2.05) is 0 Å². The van der Waals surface area contributed by atoms with E-state index in [4.69, 9.17) is 5.11 Å². The molecule has 2 aromatic rings. The van der Waals surface area contributed by atoms with E-state index in [0.717, 1.165) is 30.0 Å². The second-order valence-corrected chi connectivity index (χ2v) is 4.86. The van der Waals surface area contributed by atoms with Gasteiger partial charge in [-0.05, 0) is 24.3 Å². The standard InChI is InChI=1S/C13H8FNO4S/c14-9-6-5-8(13(16)17)7-12(9)20-11-4-2-1-3-10(11)15(18)19/h1-7H,(H,16,17). The smallest absolute Gasteiger partial charge is 0.335 e. The van der Waals surface area contributed by atoms with E-state index >= 15 is 0 Å². The van der Waals surface area contributed by atoms with Crippen molar-refractivity contribution in [2.75, 3.05) is 0 Å². The molecule has 0 bridgehead atoms. The van der Waals surface area contributed by atoms with E-state index in [9.17, 15) is 19.3 Å². The zero-order chi connectivity index (χ0) is 14.7. The number of hydrogen-bond donors (Lipinski definition) is 1. The molecular weight excluding hydrogens is 285 g/mol. The zero-order valence-electron chi connectivity index (χ0n) is 9.95. The van der Waals surface area contributed by atoms with Crippen LogP contribution in [-0.2, 0) is 0 Å². The lowest BCUT2D eigenvalue weighted by Crippen LogP contribution is -1.97. The fourth-order valence-electron chi connectivity index (χ4n) is 1.53. The molecule has 0 amide bonds. The first-order chi connectivity index (χ1) is 9.49. The number of benzene rings is 2. The number of carboxylic acids is 1. The van der Waals surface area contributed by atoms with E-state index in [1.54, 1.807) is 6.07 Å². The monoisotopic (exact) mass is 293 g/mol. The van der Waals surface area contributed by atoms with Gasteiger partial charge >= 0.3 is 5.97 Å². The van der Waals surface area contributed by atoms with Crippen LogP contribution in [0.3, 0.4) is 0 Å². The molecule has 0 atom stereocenters. The van der Waals surface area contributed by atoms with Gasteiger partial charge in [-0.2, -0.15) is 0 Å². The molecule has 0 heterocycles. The van der Waals surface area contributed by atoms with Crippen molar-refractivity contribution in [3.63, 3.8) is 0 Å². The Balaban J connectivity index is 2.42. The van der Waals surface area contributed by atoms with Crippen molar-refractivity contribution in [3.05, 3.63) is 64.0 Å². The maximum absolute atomic E-state index is 13.7. The molecule has 0 saturated heterocycles. The van der Waals surface area contributed by atoms with E-state index < -0.39 is 16.7 Å². The molecule has 0 aromatic heterocycles. The van der Waals surface area contributed by atoms with Crippen molar-refractivity contribution in [1.82, 2.24) is 0 Å². The summed E-state index contributed by atoms with van der Waals surface area (Å²) >= 11 is 0.821. The lowest BCUT2D eigenvalue weighted by atomic mass is 10.2. The Morgan fingerprint density at radius 3 is 2.55 bits per heavy atom. The van der Waals surface area contributed by atoms with Crippen LogP contribution in [0, 0.1) is 15.9 Å². The van der Waals surface area contributed by atoms with E-state index in [0.29, 0.717) is 0 Å². The van der Waals surface area contributed by atoms with Crippen LogP contribution in [0.4, 0.5) is 10.1 Å². The molecule has 2 aromatic carbocycles. The van der Waals surface area contributed by atoms with Crippen LogP contribution in [-0.4, -0.2) is 16.0 Å². The quantitative estimate of drug-likeness (QED) is 0.688. The summed E-state index contributed by atoms with van der Waals surface area (Å²) in [5, 5.41) is 19.7. The highest BCUT2D eigenvalue weighted by atomic mass is 32.2. The predicted molar refractivity (Wildman–Crippen MR) is 70.6 cm³/mol. The average Bonchev–Trinajstić information content (AvgIpc) is 2.41. The maximum Gasteiger partial charge on any atom is 0.335 e. The van der Waals surface area contributed by atoms with Crippen LogP contribution in [0.1, 0.15) is 10.4 Å². The van der Waals surface area contributed by atoms with Crippen molar-refractivity contribution in [2.24, 2.45) is 0 Å². The highest BCUT2D eigenvalue weighted by Crippen LogP contribution is 2.36. The third-order valence-electron chi connectivity index (χ3n) is 2.46. The number of carbonyl (C=O) groups is 1. The molecule has 0 saturated carbocycles. The third kappa shape index (κ3) is 2.94. The summed E-state index contributed by atoms with van der Waals surface area (Å²) in [5.74, 6) is -1.81. The Morgan fingerprint density at radius 2 is 1.90 bits per heavy atom. The molecule has 0 fully saturated rings. The first-order valence-corrected chi connectivity index (χ1v) is 6.25. The number of nitrogens with zero attached hydrogens (tertiary/aromatic N) is 1. The molecule has 0 unspecified atom stereocenters. The van der Waals surface area contributed by atoms with Gasteiger partial charge in [0.1, 0.15) is 5.82 Å². The molecule has 0 aliphatic carbocycles. The molecule has 0 aliphatic rings. The van der Waals surface area contributed by atoms with E-state index in [1.165, 1.54) is 18.2 Å². The molecule has 2 rings (SSSR count). The fourth-order valence-corrected chi connectivity index (χ4v) is 2.51. The number of halogens is 1. The summed E-state index contributed by atoms with van der Waals surface area (Å²) in [6.45, 7) is 0. The normalized spacial score (nSPS) is 10.2. The Bertz CT molecular complexity index is 690. The molecule has 7 heteroatoms. The van der Waals surface area contributed by atoms with Gasteiger partial charge in [0, 0.05) is 11.0 Å². The van der Waals surface area contributed by atoms with Gasteiger partial charge in [-0.25, -0.2) is 9.18 Å². The summed E-state index contributed by atoms with van der Waals surface area (Å²) < 4.78 is 13.7. The number of aromatic carboxylic acids is 1. The first kappa shape index (κ1) is 14.0. The van der Waals surface area contributed by atoms with Gasteiger partial charge in [0.2, 0.25) is 0 Å². The summed E-state index contributed by atoms with van der Waals surface area (Å²) in [4.78, 5) is 21.4. The highest BCUT2D eigenvalue weighted by Gasteiger charge is 2.16. The molecule has 102 valence electrons. The second kappa shape index (κ2) is 5.70. The van der Waals surface area contributed by atoms with Gasteiger partial charge in [0.05, 0.1) is 15.4 Å². The summed E-state index contributed by atoms with van der Waals surface area (Å²) in [5.41, 5.74) is -0.231. The maximum atomic E-state index is 13.7. The number of nitro groups is 1. The van der Waals surface area contributed by atoms with Crippen molar-refractivity contribution < 1.29 is 19.2 Å². The van der Waals surface area contributed by atoms with Crippen LogP contribution >= 0.6 is 11.8 Å². The van der Waals surface area contributed by atoms with Gasteiger partial charge in [0.15, 0.2) is 0 Å². The minimum Gasteiger partial charge on any atom is -0.478 e. The van der Waals surface area contributed by atoms with Crippen molar-refractivity contribution >= 4 is 23.4 Å². The largest absolute Gasteiger partial charge is 0.478 e. The van der Waals surface area contributed by atoms with Gasteiger partial charge in [0.25, 0.3) is 5.69 Å². The van der Waals surface area contributed by atoms with E-state index in [2.05, 4.69) is 0 Å². The predicted octanol–water partition coefficient (Wildman–Crippen LogP) is 3.58. The molecule has 0 radical (unpaired) electrons. The molecule has 0 aliphatic heterocycles. The Kier molecular flexibility index (Phi) is 3.99. The lowest BCUT2D eigenvalue weighted by molar-refractivity contribution is -0.387. The van der Waals surface area contributed by atoms with Crippen LogP contribution in [0.15, 0.2) is 52.3 Å². The molecule has 5 nitrogen and oxygen atoms in total. The van der Waals surface area contributed by atoms with Gasteiger partial charge < -0.3 is 5.11 Å². The number of nitro benzene ring substituents is 1. The molecule has 20 heavy (non-hydrogen) atoms. The zero-order valence-corrected chi connectivity index (χ0v) is 10.8. The Labute approximate surface area is 117 Å². The fraction of sp³-hybridized carbons (Fsp3) is 0.